The van der Waals surface area contributed by atoms with Crippen molar-refractivity contribution in [2.45, 2.75) is 13.0 Å². The summed E-state index contributed by atoms with van der Waals surface area (Å²) in [5.41, 5.74) is 0.876. The van der Waals surface area contributed by atoms with Crippen molar-refractivity contribution in [2.75, 3.05) is 18.0 Å². The van der Waals surface area contributed by atoms with E-state index in [0.717, 1.165) is 12.2 Å². The van der Waals surface area contributed by atoms with Gasteiger partial charge in [-0.3, -0.25) is 4.79 Å². The molecule has 0 radical (unpaired) electrons. The molecule has 1 aliphatic rings. The van der Waals surface area contributed by atoms with Gasteiger partial charge in [0.1, 0.15) is 0 Å². The van der Waals surface area contributed by atoms with Gasteiger partial charge in [0.05, 0.1) is 6.54 Å². The highest BCUT2D eigenvalue weighted by atomic mass is 35.5. The Balaban J connectivity index is 2.31. The third-order valence-electron chi connectivity index (χ3n) is 2.51. The van der Waals surface area contributed by atoms with E-state index < -0.39 is 0 Å². The van der Waals surface area contributed by atoms with E-state index in [9.17, 15) is 4.79 Å². The lowest BCUT2D eigenvalue weighted by molar-refractivity contribution is -0.119. The van der Waals surface area contributed by atoms with Gasteiger partial charge in [0.2, 0.25) is 5.91 Å². The van der Waals surface area contributed by atoms with E-state index in [4.69, 9.17) is 11.6 Å². The molecule has 0 aromatic heterocycles. The van der Waals surface area contributed by atoms with Crippen molar-refractivity contribution >= 4 is 23.2 Å². The van der Waals surface area contributed by atoms with E-state index >= 15 is 0 Å². The fourth-order valence-electron chi connectivity index (χ4n) is 1.83. The Morgan fingerprint density at radius 1 is 1.53 bits per heavy atom. The minimum Gasteiger partial charge on any atom is -0.307 e. The van der Waals surface area contributed by atoms with Gasteiger partial charge in [0, 0.05) is 23.3 Å². The smallest absolute Gasteiger partial charge is 0.241 e. The van der Waals surface area contributed by atoms with E-state index in [1.165, 1.54) is 0 Å². The van der Waals surface area contributed by atoms with Crippen LogP contribution < -0.4 is 10.2 Å². The number of nitrogens with zero attached hydrogens (tertiary/aromatic N) is 1. The third kappa shape index (κ3) is 2.13. The topological polar surface area (TPSA) is 32.3 Å². The number of hydrogen-bond acceptors (Lipinski definition) is 2. The molecule has 1 heterocycles. The molecule has 15 heavy (non-hydrogen) atoms. The maximum absolute atomic E-state index is 11.7. The van der Waals surface area contributed by atoms with Gasteiger partial charge in [-0.05, 0) is 25.1 Å². The van der Waals surface area contributed by atoms with Gasteiger partial charge < -0.3 is 10.2 Å². The summed E-state index contributed by atoms with van der Waals surface area (Å²) < 4.78 is 0. The number of carbonyl (C=O) groups excluding carboxylic acids is 1. The minimum atomic E-state index is 0.0935. The van der Waals surface area contributed by atoms with E-state index in [0.29, 0.717) is 11.6 Å². The van der Waals surface area contributed by atoms with E-state index in [1.54, 1.807) is 4.90 Å². The van der Waals surface area contributed by atoms with Crippen molar-refractivity contribution in [3.63, 3.8) is 0 Å². The lowest BCUT2D eigenvalue weighted by Gasteiger charge is -2.33. The number of rotatable bonds is 1. The second kappa shape index (κ2) is 4.21. The number of piperazine rings is 1. The molecule has 0 saturated carbocycles. The second-order valence-electron chi connectivity index (χ2n) is 3.72. The summed E-state index contributed by atoms with van der Waals surface area (Å²) in [5.74, 6) is 0.0935. The van der Waals surface area contributed by atoms with Gasteiger partial charge in [-0.15, -0.1) is 0 Å². The highest BCUT2D eigenvalue weighted by molar-refractivity contribution is 6.30. The number of nitrogens with one attached hydrogen (secondary N) is 1. The molecule has 3 nitrogen and oxygen atoms in total. The first-order valence-electron chi connectivity index (χ1n) is 4.97. The summed E-state index contributed by atoms with van der Waals surface area (Å²) >= 11 is 5.91. The maximum atomic E-state index is 11.7. The molecule has 2 rings (SSSR count). The quantitative estimate of drug-likeness (QED) is 0.787. The summed E-state index contributed by atoms with van der Waals surface area (Å²) in [5, 5.41) is 3.73. The first-order chi connectivity index (χ1) is 7.18. The molecular formula is C11H13ClN2O. The van der Waals surface area contributed by atoms with E-state index in [1.807, 2.05) is 31.2 Å². The van der Waals surface area contributed by atoms with Crippen molar-refractivity contribution in [1.82, 2.24) is 5.32 Å². The highest BCUT2D eigenvalue weighted by Gasteiger charge is 2.25. The molecule has 4 heteroatoms. The summed E-state index contributed by atoms with van der Waals surface area (Å²) in [6, 6.07) is 7.57. The molecule has 1 aliphatic heterocycles. The van der Waals surface area contributed by atoms with Crippen LogP contribution in [0.3, 0.4) is 0 Å². The Morgan fingerprint density at radius 3 is 3.00 bits per heavy atom. The molecule has 1 fully saturated rings. The number of amides is 1. The molecule has 1 N–H and O–H groups in total. The SMILES string of the molecule is CC1CNCC(=O)N1c1cccc(Cl)c1. The number of hydrogen-bond donors (Lipinski definition) is 1. The number of anilines is 1. The molecule has 1 aromatic rings. The third-order valence-corrected chi connectivity index (χ3v) is 2.75. The minimum absolute atomic E-state index is 0.0935. The zero-order valence-electron chi connectivity index (χ0n) is 8.53. The summed E-state index contributed by atoms with van der Waals surface area (Å²) in [6.45, 7) is 3.24. The lowest BCUT2D eigenvalue weighted by atomic mass is 10.1. The van der Waals surface area contributed by atoms with Gasteiger partial charge in [0.25, 0.3) is 0 Å². The standard InChI is InChI=1S/C11H13ClN2O/c1-8-6-13-7-11(15)14(8)10-4-2-3-9(12)5-10/h2-5,8,13H,6-7H2,1H3. The van der Waals surface area contributed by atoms with Crippen molar-refractivity contribution in [3.8, 4) is 0 Å². The number of halogens is 1. The Labute approximate surface area is 94.0 Å². The predicted octanol–water partition coefficient (Wildman–Crippen LogP) is 1.66. The van der Waals surface area contributed by atoms with E-state index in [2.05, 4.69) is 5.32 Å². The Morgan fingerprint density at radius 2 is 2.33 bits per heavy atom. The lowest BCUT2D eigenvalue weighted by Crippen LogP contribution is -2.53. The van der Waals surface area contributed by atoms with Crippen molar-refractivity contribution in [2.24, 2.45) is 0 Å². The fourth-order valence-corrected chi connectivity index (χ4v) is 2.02. The van der Waals surface area contributed by atoms with Crippen LogP contribution in [-0.2, 0) is 4.79 Å². The average Bonchev–Trinajstić information content (AvgIpc) is 2.17. The summed E-state index contributed by atoms with van der Waals surface area (Å²) in [4.78, 5) is 13.5. The van der Waals surface area contributed by atoms with Crippen LogP contribution in [-0.4, -0.2) is 25.0 Å². The van der Waals surface area contributed by atoms with Crippen molar-refractivity contribution in [1.29, 1.82) is 0 Å². The number of benzene rings is 1. The molecule has 0 aliphatic carbocycles. The van der Waals surface area contributed by atoms with Crippen LogP contribution in [0, 0.1) is 0 Å². The average molecular weight is 225 g/mol. The van der Waals surface area contributed by atoms with Gasteiger partial charge in [-0.2, -0.15) is 0 Å². The van der Waals surface area contributed by atoms with Crippen LogP contribution in [0.15, 0.2) is 24.3 Å². The van der Waals surface area contributed by atoms with Crippen LogP contribution in [0.2, 0.25) is 5.02 Å². The number of carbonyl (C=O) groups is 1. The predicted molar refractivity (Wildman–Crippen MR) is 61.3 cm³/mol. The molecule has 1 atom stereocenters. The van der Waals surface area contributed by atoms with Crippen LogP contribution in [0.25, 0.3) is 0 Å². The van der Waals surface area contributed by atoms with Crippen LogP contribution >= 0.6 is 11.6 Å². The normalized spacial score (nSPS) is 21.9. The molecule has 1 saturated heterocycles. The zero-order chi connectivity index (χ0) is 10.8. The first-order valence-corrected chi connectivity index (χ1v) is 5.34. The molecular weight excluding hydrogens is 212 g/mol. The Hall–Kier alpha value is -1.06. The monoisotopic (exact) mass is 224 g/mol. The second-order valence-corrected chi connectivity index (χ2v) is 4.16. The Bertz CT molecular complexity index is 381. The Kier molecular flexibility index (Phi) is 2.93. The van der Waals surface area contributed by atoms with Crippen LogP contribution in [0.5, 0.6) is 0 Å². The van der Waals surface area contributed by atoms with Crippen LogP contribution in [0.4, 0.5) is 5.69 Å². The van der Waals surface area contributed by atoms with Gasteiger partial charge in [-0.1, -0.05) is 17.7 Å². The molecule has 1 aromatic carbocycles. The van der Waals surface area contributed by atoms with Crippen LogP contribution in [0.1, 0.15) is 6.92 Å². The fraction of sp³-hybridized carbons (Fsp3) is 0.364. The van der Waals surface area contributed by atoms with Gasteiger partial charge in [0.15, 0.2) is 0 Å². The molecule has 0 spiro atoms. The maximum Gasteiger partial charge on any atom is 0.241 e. The highest BCUT2D eigenvalue weighted by Crippen LogP contribution is 2.22. The summed E-state index contributed by atoms with van der Waals surface area (Å²) in [7, 11) is 0. The zero-order valence-corrected chi connectivity index (χ0v) is 9.29. The first kappa shape index (κ1) is 10.5. The molecule has 0 bridgehead atoms. The molecule has 1 unspecified atom stereocenters. The summed E-state index contributed by atoms with van der Waals surface area (Å²) in [6.07, 6.45) is 0. The van der Waals surface area contributed by atoms with Gasteiger partial charge >= 0.3 is 0 Å². The molecule has 1 amide bonds. The largest absolute Gasteiger partial charge is 0.307 e. The van der Waals surface area contributed by atoms with E-state index in [-0.39, 0.29) is 11.9 Å². The molecule has 80 valence electrons. The van der Waals surface area contributed by atoms with Crippen molar-refractivity contribution in [3.05, 3.63) is 29.3 Å². The van der Waals surface area contributed by atoms with Crippen molar-refractivity contribution < 1.29 is 4.79 Å². The van der Waals surface area contributed by atoms with Gasteiger partial charge in [-0.25, -0.2) is 0 Å².